The Morgan fingerprint density at radius 3 is 3.14 bits per heavy atom. The van der Waals surface area contributed by atoms with Crippen LogP contribution in [0.2, 0.25) is 0 Å². The Labute approximate surface area is 124 Å². The molecule has 0 radical (unpaired) electrons. The summed E-state index contributed by atoms with van der Waals surface area (Å²) in [7, 11) is 1.58. The Kier molecular flexibility index (Phi) is 5.50. The van der Waals surface area contributed by atoms with Gasteiger partial charge >= 0.3 is 0 Å². The van der Waals surface area contributed by atoms with Crippen LogP contribution < -0.4 is 5.32 Å². The fourth-order valence-electron chi connectivity index (χ4n) is 2.50. The maximum Gasteiger partial charge on any atom is 0.257 e. The van der Waals surface area contributed by atoms with E-state index in [-0.39, 0.29) is 23.4 Å². The summed E-state index contributed by atoms with van der Waals surface area (Å²) in [6.07, 6.45) is 4.28. The summed E-state index contributed by atoms with van der Waals surface area (Å²) in [6.45, 7) is 3.91. The zero-order valence-electron chi connectivity index (χ0n) is 12.6. The minimum absolute atomic E-state index is 0.0521. The highest BCUT2D eigenvalue weighted by Gasteiger charge is 2.27. The number of hydrogen-bond donors (Lipinski definition) is 1. The van der Waals surface area contributed by atoms with Crippen molar-refractivity contribution in [2.45, 2.75) is 32.3 Å². The second kappa shape index (κ2) is 7.36. The lowest BCUT2D eigenvalue weighted by atomic mass is 10.1. The van der Waals surface area contributed by atoms with E-state index in [2.05, 4.69) is 17.2 Å². The van der Waals surface area contributed by atoms with Gasteiger partial charge in [0, 0.05) is 32.9 Å². The van der Waals surface area contributed by atoms with Gasteiger partial charge in [0.2, 0.25) is 0 Å². The Morgan fingerprint density at radius 1 is 1.62 bits per heavy atom. The Balaban J connectivity index is 2.09. The van der Waals surface area contributed by atoms with Crippen LogP contribution in [0.1, 0.15) is 36.5 Å². The summed E-state index contributed by atoms with van der Waals surface area (Å²) < 4.78 is 19.9. The number of ether oxygens (including phenoxy) is 1. The Morgan fingerprint density at radius 2 is 2.43 bits per heavy atom. The zero-order valence-corrected chi connectivity index (χ0v) is 12.6. The number of aromatic nitrogens is 1. The number of rotatable bonds is 5. The zero-order chi connectivity index (χ0) is 15.2. The Bertz CT molecular complexity index is 496. The van der Waals surface area contributed by atoms with Crippen molar-refractivity contribution in [2.75, 3.05) is 32.1 Å². The molecule has 1 aromatic rings. The van der Waals surface area contributed by atoms with Gasteiger partial charge < -0.3 is 15.0 Å². The van der Waals surface area contributed by atoms with Gasteiger partial charge in [-0.3, -0.25) is 4.79 Å². The van der Waals surface area contributed by atoms with E-state index in [1.165, 1.54) is 12.3 Å². The van der Waals surface area contributed by atoms with Gasteiger partial charge in [0.25, 0.3) is 5.91 Å². The van der Waals surface area contributed by atoms with E-state index in [0.717, 1.165) is 19.3 Å². The summed E-state index contributed by atoms with van der Waals surface area (Å²) in [5.74, 6) is -0.797. The molecule has 21 heavy (non-hydrogen) atoms. The van der Waals surface area contributed by atoms with Crippen LogP contribution in [0.3, 0.4) is 0 Å². The first-order valence-electron chi connectivity index (χ1n) is 7.40. The molecule has 116 valence electrons. The third-order valence-electron chi connectivity index (χ3n) is 3.58. The molecule has 1 fully saturated rings. The van der Waals surface area contributed by atoms with Crippen molar-refractivity contribution in [3.63, 3.8) is 0 Å². The summed E-state index contributed by atoms with van der Waals surface area (Å²) in [6, 6.07) is 1.43. The number of hydrogen-bond acceptors (Lipinski definition) is 4. The van der Waals surface area contributed by atoms with Crippen molar-refractivity contribution < 1.29 is 13.9 Å². The van der Waals surface area contributed by atoms with Crippen molar-refractivity contribution in [2.24, 2.45) is 0 Å². The first kappa shape index (κ1) is 15.7. The molecular formula is C15H22FN3O2. The number of halogens is 1. The topological polar surface area (TPSA) is 54.5 Å². The lowest BCUT2D eigenvalue weighted by Gasteiger charge is -2.32. The van der Waals surface area contributed by atoms with Gasteiger partial charge in [-0.05, 0) is 25.3 Å². The number of nitrogens with zero attached hydrogens (tertiary/aromatic N) is 2. The fourth-order valence-corrected chi connectivity index (χ4v) is 2.50. The quantitative estimate of drug-likeness (QED) is 0.905. The number of piperidine rings is 1. The molecule has 2 rings (SSSR count). The maximum atomic E-state index is 14.2. The number of anilines is 1. The monoisotopic (exact) mass is 295 g/mol. The van der Waals surface area contributed by atoms with E-state index < -0.39 is 5.82 Å². The number of carbonyl (C=O) groups excluding carboxylic acids is 1. The number of pyridine rings is 1. The molecule has 5 nitrogen and oxygen atoms in total. The molecule has 1 aromatic heterocycles. The van der Waals surface area contributed by atoms with Gasteiger partial charge in [-0.1, -0.05) is 6.92 Å². The smallest absolute Gasteiger partial charge is 0.257 e. The van der Waals surface area contributed by atoms with Crippen molar-refractivity contribution in [1.29, 1.82) is 0 Å². The van der Waals surface area contributed by atoms with E-state index >= 15 is 0 Å². The molecule has 6 heteroatoms. The van der Waals surface area contributed by atoms with Crippen molar-refractivity contribution in [3.05, 3.63) is 23.6 Å². The molecule has 1 N–H and O–H groups in total. The van der Waals surface area contributed by atoms with Gasteiger partial charge in [0.15, 0.2) is 11.6 Å². The molecule has 0 aromatic carbocycles. The van der Waals surface area contributed by atoms with Crippen LogP contribution in [0.15, 0.2) is 12.3 Å². The normalized spacial score (nSPS) is 18.6. The molecule has 1 unspecified atom stereocenters. The molecule has 1 amide bonds. The van der Waals surface area contributed by atoms with E-state index in [0.29, 0.717) is 19.7 Å². The SMILES string of the molecule is CCCOC1CCCN(C(=O)c2ccnc(NC)c2F)C1. The maximum absolute atomic E-state index is 14.2. The fraction of sp³-hybridized carbons (Fsp3) is 0.600. The van der Waals surface area contributed by atoms with Crippen LogP contribution in [-0.2, 0) is 4.74 Å². The molecule has 1 atom stereocenters. The standard InChI is InChI=1S/C15H22FN3O2/c1-3-9-21-11-5-4-8-19(10-11)15(20)12-6-7-18-14(17-2)13(12)16/h6-7,11H,3-5,8-10H2,1-2H3,(H,17,18). The van der Waals surface area contributed by atoms with E-state index in [4.69, 9.17) is 4.74 Å². The average Bonchev–Trinajstić information content (AvgIpc) is 2.53. The van der Waals surface area contributed by atoms with Crippen LogP contribution in [0.25, 0.3) is 0 Å². The Hall–Kier alpha value is -1.69. The lowest BCUT2D eigenvalue weighted by Crippen LogP contribution is -2.43. The van der Waals surface area contributed by atoms with Crippen molar-refractivity contribution in [3.8, 4) is 0 Å². The summed E-state index contributed by atoms with van der Waals surface area (Å²) >= 11 is 0. The van der Waals surface area contributed by atoms with Crippen LogP contribution >= 0.6 is 0 Å². The number of carbonyl (C=O) groups is 1. The van der Waals surface area contributed by atoms with Gasteiger partial charge in [-0.2, -0.15) is 0 Å². The predicted octanol–water partition coefficient (Wildman–Crippen LogP) is 2.29. The molecule has 2 heterocycles. The van der Waals surface area contributed by atoms with Gasteiger partial charge in [0.1, 0.15) is 0 Å². The minimum Gasteiger partial charge on any atom is -0.376 e. The van der Waals surface area contributed by atoms with Crippen LogP contribution in [0.5, 0.6) is 0 Å². The summed E-state index contributed by atoms with van der Waals surface area (Å²) in [4.78, 5) is 18.0. The molecule has 1 aliphatic heterocycles. The second-order valence-corrected chi connectivity index (χ2v) is 5.16. The van der Waals surface area contributed by atoms with Crippen molar-refractivity contribution >= 4 is 11.7 Å². The average molecular weight is 295 g/mol. The number of likely N-dealkylation sites (tertiary alicyclic amines) is 1. The van der Waals surface area contributed by atoms with E-state index in [9.17, 15) is 9.18 Å². The number of nitrogens with one attached hydrogen (secondary N) is 1. The number of amides is 1. The van der Waals surface area contributed by atoms with Crippen molar-refractivity contribution in [1.82, 2.24) is 9.88 Å². The van der Waals surface area contributed by atoms with E-state index in [1.807, 2.05) is 0 Å². The highest BCUT2D eigenvalue weighted by atomic mass is 19.1. The molecule has 0 saturated carbocycles. The van der Waals surface area contributed by atoms with Gasteiger partial charge in [-0.25, -0.2) is 9.37 Å². The summed E-state index contributed by atoms with van der Waals surface area (Å²) in [5, 5.41) is 2.65. The highest BCUT2D eigenvalue weighted by Crippen LogP contribution is 2.20. The third-order valence-corrected chi connectivity index (χ3v) is 3.58. The first-order valence-corrected chi connectivity index (χ1v) is 7.40. The molecular weight excluding hydrogens is 273 g/mol. The predicted molar refractivity (Wildman–Crippen MR) is 78.9 cm³/mol. The molecule has 0 bridgehead atoms. The molecule has 1 aliphatic rings. The van der Waals surface area contributed by atoms with Crippen LogP contribution in [-0.4, -0.2) is 48.6 Å². The molecule has 0 aliphatic carbocycles. The second-order valence-electron chi connectivity index (χ2n) is 5.16. The van der Waals surface area contributed by atoms with Crippen LogP contribution in [0.4, 0.5) is 10.2 Å². The highest BCUT2D eigenvalue weighted by molar-refractivity contribution is 5.95. The summed E-state index contributed by atoms with van der Waals surface area (Å²) in [5.41, 5.74) is 0.0606. The largest absolute Gasteiger partial charge is 0.376 e. The van der Waals surface area contributed by atoms with Crippen LogP contribution in [0, 0.1) is 5.82 Å². The molecule has 1 saturated heterocycles. The minimum atomic E-state index is -0.596. The van der Waals surface area contributed by atoms with E-state index in [1.54, 1.807) is 11.9 Å². The molecule has 0 spiro atoms. The first-order chi connectivity index (χ1) is 10.2. The van der Waals surface area contributed by atoms with Gasteiger partial charge in [0.05, 0.1) is 11.7 Å². The van der Waals surface area contributed by atoms with Gasteiger partial charge in [-0.15, -0.1) is 0 Å². The third kappa shape index (κ3) is 3.69. The lowest BCUT2D eigenvalue weighted by molar-refractivity contribution is 0.00196.